The summed E-state index contributed by atoms with van der Waals surface area (Å²) in [7, 11) is 1.60. The van der Waals surface area contributed by atoms with Gasteiger partial charge in [0.25, 0.3) is 5.91 Å². The molecule has 0 saturated carbocycles. The van der Waals surface area contributed by atoms with Crippen molar-refractivity contribution in [2.45, 2.75) is 20.8 Å². The van der Waals surface area contributed by atoms with E-state index >= 15 is 0 Å². The highest BCUT2D eigenvalue weighted by atomic mass is 32.1. The van der Waals surface area contributed by atoms with Crippen molar-refractivity contribution in [2.75, 3.05) is 20.2 Å². The van der Waals surface area contributed by atoms with Gasteiger partial charge in [0.05, 0.1) is 7.11 Å². The third-order valence-electron chi connectivity index (χ3n) is 4.44. The molecule has 0 atom stereocenters. The number of imidazole rings is 1. The van der Waals surface area contributed by atoms with Gasteiger partial charge in [0.1, 0.15) is 22.0 Å². The number of fused-ring (bicyclic) bond motifs is 1. The minimum Gasteiger partial charge on any atom is -0.497 e. The summed E-state index contributed by atoms with van der Waals surface area (Å²) in [5.41, 5.74) is 2.58. The molecule has 0 saturated heterocycles. The zero-order chi connectivity index (χ0) is 18.8. The summed E-state index contributed by atoms with van der Waals surface area (Å²) < 4.78 is 7.03. The normalized spacial score (nSPS) is 10.9. The monoisotopic (exact) mass is 371 g/mol. The van der Waals surface area contributed by atoms with Gasteiger partial charge in [-0.05, 0) is 32.9 Å². The van der Waals surface area contributed by atoms with Gasteiger partial charge >= 0.3 is 0 Å². The highest BCUT2D eigenvalue weighted by Gasteiger charge is 2.24. The van der Waals surface area contributed by atoms with Crippen LogP contribution in [0, 0.1) is 6.92 Å². The smallest absolute Gasteiger partial charge is 0.265 e. The molecule has 0 aliphatic heterocycles. The van der Waals surface area contributed by atoms with E-state index in [1.807, 2.05) is 45.0 Å². The minimum atomic E-state index is -0.0252. The Labute approximate surface area is 156 Å². The van der Waals surface area contributed by atoms with Crippen molar-refractivity contribution >= 4 is 28.5 Å². The van der Waals surface area contributed by atoms with E-state index in [4.69, 9.17) is 4.74 Å². The molecule has 0 N–H and O–H groups in total. The predicted molar refractivity (Wildman–Crippen MR) is 102 cm³/mol. The second-order valence-electron chi connectivity index (χ2n) is 5.81. The number of aromatic nitrogens is 2. The van der Waals surface area contributed by atoms with Crippen molar-refractivity contribution in [2.24, 2.45) is 0 Å². The summed E-state index contributed by atoms with van der Waals surface area (Å²) in [5, 5.41) is 0. The van der Waals surface area contributed by atoms with E-state index in [0.717, 1.165) is 17.5 Å². The summed E-state index contributed by atoms with van der Waals surface area (Å²) in [6, 6.07) is 7.43. The zero-order valence-corrected chi connectivity index (χ0v) is 16.1. The van der Waals surface area contributed by atoms with Crippen molar-refractivity contribution in [1.82, 2.24) is 14.3 Å². The van der Waals surface area contributed by atoms with Gasteiger partial charge in [0.2, 0.25) is 0 Å². The van der Waals surface area contributed by atoms with Gasteiger partial charge in [0, 0.05) is 24.3 Å². The lowest BCUT2D eigenvalue weighted by molar-refractivity contribution is 0.0776. The van der Waals surface area contributed by atoms with Crippen molar-refractivity contribution in [3.05, 3.63) is 40.5 Å². The first-order valence-corrected chi connectivity index (χ1v) is 9.28. The van der Waals surface area contributed by atoms with Crippen molar-refractivity contribution in [1.29, 1.82) is 0 Å². The second kappa shape index (κ2) is 7.29. The van der Waals surface area contributed by atoms with E-state index in [1.165, 1.54) is 11.3 Å². The van der Waals surface area contributed by atoms with Crippen LogP contribution in [0.4, 0.5) is 0 Å². The number of hydrogen-bond donors (Lipinski definition) is 0. The number of hydrogen-bond acceptors (Lipinski definition) is 5. The topological polar surface area (TPSA) is 63.9 Å². The van der Waals surface area contributed by atoms with Gasteiger partial charge < -0.3 is 9.64 Å². The average Bonchev–Trinajstić information content (AvgIpc) is 3.19. The lowest BCUT2D eigenvalue weighted by Crippen LogP contribution is -2.30. The molecule has 3 rings (SSSR count). The number of ether oxygens (including phenoxy) is 1. The van der Waals surface area contributed by atoms with Gasteiger partial charge in [-0.15, -0.1) is 0 Å². The molecule has 1 amide bonds. The zero-order valence-electron chi connectivity index (χ0n) is 15.3. The average molecular weight is 371 g/mol. The van der Waals surface area contributed by atoms with Gasteiger partial charge in [-0.1, -0.05) is 23.5 Å². The van der Waals surface area contributed by atoms with Crippen LogP contribution in [0.25, 0.3) is 16.2 Å². The molecule has 0 unspecified atom stereocenters. The fourth-order valence-corrected chi connectivity index (χ4v) is 4.12. The van der Waals surface area contributed by atoms with Crippen LogP contribution in [-0.2, 0) is 0 Å². The highest BCUT2D eigenvalue weighted by Crippen LogP contribution is 2.32. The molecule has 0 spiro atoms. The third kappa shape index (κ3) is 2.88. The Morgan fingerprint density at radius 2 is 2.08 bits per heavy atom. The van der Waals surface area contributed by atoms with Gasteiger partial charge in [-0.2, -0.15) is 0 Å². The first-order chi connectivity index (χ1) is 12.5. The summed E-state index contributed by atoms with van der Waals surface area (Å²) in [6.07, 6.45) is 0.792. The fraction of sp³-hybridized carbons (Fsp3) is 0.316. The number of amides is 1. The van der Waals surface area contributed by atoms with E-state index in [1.54, 1.807) is 16.4 Å². The molecule has 1 aromatic carbocycles. The summed E-state index contributed by atoms with van der Waals surface area (Å²) >= 11 is 1.32. The highest BCUT2D eigenvalue weighted by molar-refractivity contribution is 7.19. The van der Waals surface area contributed by atoms with E-state index in [-0.39, 0.29) is 5.91 Å². The maximum atomic E-state index is 12.7. The maximum absolute atomic E-state index is 12.7. The maximum Gasteiger partial charge on any atom is 0.265 e. The number of benzene rings is 1. The Hall–Kier alpha value is -2.67. The van der Waals surface area contributed by atoms with E-state index in [0.29, 0.717) is 40.1 Å². The standard InChI is InChI=1S/C19H21N3O3S/c1-5-21(6-2)18(24)17-12(3)22-15(11-23)16(20-19(22)26-17)13-8-7-9-14(10-13)25-4/h7-11H,5-6H2,1-4H3. The van der Waals surface area contributed by atoms with Crippen LogP contribution in [0.5, 0.6) is 5.75 Å². The van der Waals surface area contributed by atoms with Gasteiger partial charge in [-0.25, -0.2) is 4.98 Å². The third-order valence-corrected chi connectivity index (χ3v) is 5.57. The summed E-state index contributed by atoms with van der Waals surface area (Å²) in [6.45, 7) is 7.04. The molecule has 2 aromatic heterocycles. The molecule has 0 radical (unpaired) electrons. The Morgan fingerprint density at radius 1 is 1.35 bits per heavy atom. The molecule has 0 bridgehead atoms. The molecule has 26 heavy (non-hydrogen) atoms. The molecule has 3 aromatic rings. The van der Waals surface area contributed by atoms with Crippen LogP contribution in [0.2, 0.25) is 0 Å². The number of aldehydes is 1. The van der Waals surface area contributed by atoms with Gasteiger partial charge in [0.15, 0.2) is 11.2 Å². The van der Waals surface area contributed by atoms with E-state index < -0.39 is 0 Å². The Morgan fingerprint density at radius 3 is 2.69 bits per heavy atom. The second-order valence-corrected chi connectivity index (χ2v) is 6.79. The summed E-state index contributed by atoms with van der Waals surface area (Å²) in [4.78, 5) is 32.2. The van der Waals surface area contributed by atoms with Crippen LogP contribution in [-0.4, -0.2) is 46.7 Å². The predicted octanol–water partition coefficient (Wildman–Crippen LogP) is 3.67. The lowest BCUT2D eigenvalue weighted by Gasteiger charge is -2.17. The molecule has 0 aliphatic carbocycles. The van der Waals surface area contributed by atoms with E-state index in [2.05, 4.69) is 4.98 Å². The Bertz CT molecular complexity index is 970. The van der Waals surface area contributed by atoms with Crippen molar-refractivity contribution in [3.8, 4) is 17.0 Å². The molecule has 136 valence electrons. The first-order valence-electron chi connectivity index (χ1n) is 8.46. The lowest BCUT2D eigenvalue weighted by atomic mass is 10.1. The van der Waals surface area contributed by atoms with Crippen molar-refractivity contribution < 1.29 is 14.3 Å². The quantitative estimate of drug-likeness (QED) is 0.620. The summed E-state index contributed by atoms with van der Waals surface area (Å²) in [5.74, 6) is 0.674. The molecule has 0 fully saturated rings. The molecule has 0 aliphatic rings. The van der Waals surface area contributed by atoms with Gasteiger partial charge in [-0.3, -0.25) is 14.0 Å². The minimum absolute atomic E-state index is 0.0252. The largest absolute Gasteiger partial charge is 0.497 e. The molecule has 7 heteroatoms. The number of methoxy groups -OCH3 is 1. The Balaban J connectivity index is 2.15. The number of carbonyl (C=O) groups is 2. The van der Waals surface area contributed by atoms with Crippen molar-refractivity contribution in [3.63, 3.8) is 0 Å². The van der Waals surface area contributed by atoms with Crippen LogP contribution < -0.4 is 4.74 Å². The molecule has 2 heterocycles. The number of nitrogens with zero attached hydrogens (tertiary/aromatic N) is 3. The fourth-order valence-electron chi connectivity index (χ4n) is 3.02. The number of carbonyl (C=O) groups excluding carboxylic acids is 2. The number of aryl methyl sites for hydroxylation is 1. The molecule has 6 nitrogen and oxygen atoms in total. The Kier molecular flexibility index (Phi) is 5.08. The van der Waals surface area contributed by atoms with Crippen LogP contribution in [0.1, 0.15) is 39.7 Å². The van der Waals surface area contributed by atoms with Crippen LogP contribution in [0.15, 0.2) is 24.3 Å². The first kappa shape index (κ1) is 18.1. The van der Waals surface area contributed by atoms with E-state index in [9.17, 15) is 9.59 Å². The molecular formula is C19H21N3O3S. The number of thiazole rings is 1. The SMILES string of the molecule is CCN(CC)C(=O)c1sc2nc(-c3cccc(OC)c3)c(C=O)n2c1C. The van der Waals surface area contributed by atoms with Crippen LogP contribution >= 0.6 is 11.3 Å². The number of rotatable bonds is 6. The van der Waals surface area contributed by atoms with Crippen LogP contribution in [0.3, 0.4) is 0 Å². The molecular weight excluding hydrogens is 350 g/mol.